The summed E-state index contributed by atoms with van der Waals surface area (Å²) in [6.07, 6.45) is 11.4. The van der Waals surface area contributed by atoms with Gasteiger partial charge in [0.1, 0.15) is 12.4 Å². The van der Waals surface area contributed by atoms with Gasteiger partial charge in [0.25, 0.3) is 5.88 Å². The Bertz CT molecular complexity index is 1050. The molecule has 32 heavy (non-hydrogen) atoms. The molecule has 0 atom stereocenters. The summed E-state index contributed by atoms with van der Waals surface area (Å²) in [5.74, 6) is 1.67. The highest BCUT2D eigenvalue weighted by Gasteiger charge is 2.24. The van der Waals surface area contributed by atoms with Crippen LogP contribution in [0.3, 0.4) is 0 Å². The van der Waals surface area contributed by atoms with Crippen molar-refractivity contribution in [2.24, 2.45) is 5.16 Å². The maximum absolute atomic E-state index is 6.18. The van der Waals surface area contributed by atoms with Gasteiger partial charge in [-0.3, -0.25) is 4.98 Å². The summed E-state index contributed by atoms with van der Waals surface area (Å²) in [7, 11) is 0. The molecule has 1 fully saturated rings. The Morgan fingerprint density at radius 3 is 2.53 bits per heavy atom. The van der Waals surface area contributed by atoms with Gasteiger partial charge in [0.15, 0.2) is 0 Å². The second-order valence-corrected chi connectivity index (χ2v) is 7.67. The molecule has 1 aliphatic rings. The lowest BCUT2D eigenvalue weighted by molar-refractivity contribution is 0.160. The fourth-order valence-corrected chi connectivity index (χ4v) is 3.40. The first-order valence-electron chi connectivity index (χ1n) is 10.8. The number of hydrogen-bond acceptors (Lipinski definition) is 9. The summed E-state index contributed by atoms with van der Waals surface area (Å²) in [6.45, 7) is 7.49. The van der Waals surface area contributed by atoms with E-state index in [1.54, 1.807) is 12.4 Å². The van der Waals surface area contributed by atoms with Gasteiger partial charge in [0.05, 0.1) is 11.3 Å². The molecule has 0 aromatic carbocycles. The minimum absolute atomic E-state index is 0.0586. The van der Waals surface area contributed by atoms with E-state index >= 15 is 0 Å². The van der Waals surface area contributed by atoms with Crippen molar-refractivity contribution < 1.29 is 9.57 Å². The zero-order valence-electron chi connectivity index (χ0n) is 18.6. The molecule has 0 bridgehead atoms. The molecule has 0 N–H and O–H groups in total. The first-order chi connectivity index (χ1) is 15.6. The number of aryl methyl sites for hydroxylation is 1. The quantitative estimate of drug-likeness (QED) is 0.413. The van der Waals surface area contributed by atoms with Crippen molar-refractivity contribution in [1.29, 1.82) is 0 Å². The summed E-state index contributed by atoms with van der Waals surface area (Å²) < 4.78 is 6.18. The normalized spacial score (nSPS) is 15.0. The summed E-state index contributed by atoms with van der Waals surface area (Å²) in [5.41, 5.74) is 3.45. The van der Waals surface area contributed by atoms with E-state index in [-0.39, 0.29) is 6.10 Å². The van der Waals surface area contributed by atoms with Crippen molar-refractivity contribution in [3.63, 3.8) is 0 Å². The van der Waals surface area contributed by atoms with Crippen molar-refractivity contribution in [3.8, 4) is 11.8 Å². The fourth-order valence-electron chi connectivity index (χ4n) is 3.40. The molecule has 4 heterocycles. The third kappa shape index (κ3) is 5.16. The highest BCUT2D eigenvalue weighted by Crippen LogP contribution is 2.26. The first kappa shape index (κ1) is 21.6. The van der Waals surface area contributed by atoms with Gasteiger partial charge >= 0.3 is 0 Å². The summed E-state index contributed by atoms with van der Waals surface area (Å²) in [5, 5.41) is 4.18. The zero-order chi connectivity index (χ0) is 22.3. The van der Waals surface area contributed by atoms with Crippen LogP contribution in [-0.4, -0.2) is 49.8 Å². The van der Waals surface area contributed by atoms with Crippen molar-refractivity contribution in [2.45, 2.75) is 46.1 Å². The lowest BCUT2D eigenvalue weighted by Gasteiger charge is -2.32. The Morgan fingerprint density at radius 2 is 1.84 bits per heavy atom. The monoisotopic (exact) mass is 433 g/mol. The number of nitrogens with zero attached hydrogens (tertiary/aromatic N) is 7. The Kier molecular flexibility index (Phi) is 6.84. The molecule has 166 valence electrons. The lowest BCUT2D eigenvalue weighted by atomic mass is 10.1. The molecule has 0 saturated carbocycles. The standard InChI is InChI=1S/C23H27N7O2/c1-4-18-12-25-23(26-13-18)30-10-7-20(8-11-30)31-21-16(2)22(28-15-27-21)32-29-17(3)19-6-5-9-24-14-19/h5-6,9,12-15,20H,4,7-8,10-11H2,1-3H3/b29-17-. The first-order valence-corrected chi connectivity index (χ1v) is 10.8. The van der Waals surface area contributed by atoms with Gasteiger partial charge in [0.2, 0.25) is 11.8 Å². The molecule has 0 amide bonds. The summed E-state index contributed by atoms with van der Waals surface area (Å²) >= 11 is 0. The van der Waals surface area contributed by atoms with E-state index in [4.69, 9.17) is 9.57 Å². The fraction of sp³-hybridized carbons (Fsp3) is 0.391. The molecule has 9 heteroatoms. The molecule has 4 rings (SSSR count). The molecule has 0 unspecified atom stereocenters. The van der Waals surface area contributed by atoms with E-state index < -0.39 is 0 Å². The number of pyridine rings is 1. The number of aromatic nitrogens is 5. The minimum Gasteiger partial charge on any atom is -0.474 e. The number of anilines is 1. The molecule has 0 aliphatic carbocycles. The Hall–Kier alpha value is -3.62. The predicted molar refractivity (Wildman–Crippen MR) is 121 cm³/mol. The maximum Gasteiger partial charge on any atom is 0.258 e. The summed E-state index contributed by atoms with van der Waals surface area (Å²) in [4.78, 5) is 29.3. The van der Waals surface area contributed by atoms with Gasteiger partial charge in [-0.15, -0.1) is 0 Å². The number of oxime groups is 1. The van der Waals surface area contributed by atoms with E-state index in [1.807, 2.05) is 38.4 Å². The van der Waals surface area contributed by atoms with Crippen molar-refractivity contribution in [1.82, 2.24) is 24.9 Å². The molecular formula is C23H27N7O2. The van der Waals surface area contributed by atoms with Crippen LogP contribution >= 0.6 is 0 Å². The molecule has 9 nitrogen and oxygen atoms in total. The number of piperidine rings is 1. The predicted octanol–water partition coefficient (Wildman–Crippen LogP) is 3.38. The Labute approximate surface area is 187 Å². The smallest absolute Gasteiger partial charge is 0.258 e. The maximum atomic E-state index is 6.18. The number of hydrogen-bond donors (Lipinski definition) is 0. The van der Waals surface area contributed by atoms with Crippen LogP contribution in [0.1, 0.15) is 43.4 Å². The van der Waals surface area contributed by atoms with Crippen LogP contribution in [0.25, 0.3) is 0 Å². The average Bonchev–Trinajstić information content (AvgIpc) is 2.85. The van der Waals surface area contributed by atoms with E-state index in [9.17, 15) is 0 Å². The van der Waals surface area contributed by atoms with Gasteiger partial charge in [0, 0.05) is 56.3 Å². The van der Waals surface area contributed by atoms with E-state index in [0.29, 0.717) is 17.5 Å². The summed E-state index contributed by atoms with van der Waals surface area (Å²) in [6, 6.07) is 3.78. The Balaban J connectivity index is 1.36. The molecular weight excluding hydrogens is 406 g/mol. The SMILES string of the molecule is CCc1cnc(N2CCC(Oc3ncnc(O/N=C(/C)c4cccnc4)c3C)CC2)nc1. The van der Waals surface area contributed by atoms with Gasteiger partial charge in [-0.05, 0) is 38.0 Å². The Morgan fingerprint density at radius 1 is 1.09 bits per heavy atom. The van der Waals surface area contributed by atoms with Crippen molar-refractivity contribution >= 4 is 11.7 Å². The van der Waals surface area contributed by atoms with Gasteiger partial charge < -0.3 is 14.5 Å². The van der Waals surface area contributed by atoms with E-state index in [2.05, 4.69) is 41.9 Å². The molecule has 0 spiro atoms. The molecule has 3 aromatic rings. The second kappa shape index (κ2) is 10.1. The molecule has 0 radical (unpaired) electrons. The topological polar surface area (TPSA) is 98.5 Å². The van der Waals surface area contributed by atoms with Crippen LogP contribution in [-0.2, 0) is 6.42 Å². The third-order valence-corrected chi connectivity index (χ3v) is 5.44. The van der Waals surface area contributed by atoms with Crippen LogP contribution in [0.2, 0.25) is 0 Å². The average molecular weight is 434 g/mol. The van der Waals surface area contributed by atoms with Crippen LogP contribution in [0.4, 0.5) is 5.95 Å². The minimum atomic E-state index is 0.0586. The largest absolute Gasteiger partial charge is 0.474 e. The highest BCUT2D eigenvalue weighted by atomic mass is 16.6. The zero-order valence-corrected chi connectivity index (χ0v) is 18.6. The van der Waals surface area contributed by atoms with Gasteiger partial charge in [-0.2, -0.15) is 4.98 Å². The van der Waals surface area contributed by atoms with Crippen LogP contribution in [0, 0.1) is 6.92 Å². The molecule has 3 aromatic heterocycles. The van der Waals surface area contributed by atoms with Crippen molar-refractivity contribution in [3.05, 3.63) is 59.9 Å². The van der Waals surface area contributed by atoms with Crippen LogP contribution in [0.15, 0.2) is 48.4 Å². The number of rotatable bonds is 7. The van der Waals surface area contributed by atoms with E-state index in [0.717, 1.165) is 55.0 Å². The van der Waals surface area contributed by atoms with Crippen LogP contribution in [0.5, 0.6) is 11.8 Å². The van der Waals surface area contributed by atoms with E-state index in [1.165, 1.54) is 6.33 Å². The lowest BCUT2D eigenvalue weighted by Crippen LogP contribution is -2.39. The third-order valence-electron chi connectivity index (χ3n) is 5.44. The molecule has 1 aliphatic heterocycles. The molecule has 1 saturated heterocycles. The highest BCUT2D eigenvalue weighted by molar-refractivity contribution is 5.98. The van der Waals surface area contributed by atoms with Crippen LogP contribution < -0.4 is 14.5 Å². The van der Waals surface area contributed by atoms with Gasteiger partial charge in [-0.25, -0.2) is 15.0 Å². The number of ether oxygens (including phenoxy) is 1. The second-order valence-electron chi connectivity index (χ2n) is 7.67. The van der Waals surface area contributed by atoms with Gasteiger partial charge in [-0.1, -0.05) is 12.1 Å². The van der Waals surface area contributed by atoms with Crippen molar-refractivity contribution in [2.75, 3.05) is 18.0 Å².